The lowest BCUT2D eigenvalue weighted by Gasteiger charge is -2.30. The Morgan fingerprint density at radius 2 is 2.07 bits per heavy atom. The first-order chi connectivity index (χ1) is 12.9. The number of hydrogen-bond acceptors (Lipinski definition) is 4. The van der Waals surface area contributed by atoms with Gasteiger partial charge in [0.25, 0.3) is 0 Å². The predicted octanol–water partition coefficient (Wildman–Crippen LogP) is 5.36. The number of rotatable bonds is 5. The molecule has 0 aliphatic carbocycles. The highest BCUT2D eigenvalue weighted by molar-refractivity contribution is 8.00. The quantitative estimate of drug-likeness (QED) is 0.547. The summed E-state index contributed by atoms with van der Waals surface area (Å²) in [5.41, 5.74) is 2.03. The van der Waals surface area contributed by atoms with E-state index in [0.29, 0.717) is 23.8 Å². The zero-order valence-electron chi connectivity index (χ0n) is 14.7. The summed E-state index contributed by atoms with van der Waals surface area (Å²) in [7, 11) is 1.81. The minimum atomic E-state index is -4.36. The van der Waals surface area contributed by atoms with Crippen molar-refractivity contribution in [3.8, 4) is 5.75 Å². The fourth-order valence-electron chi connectivity index (χ4n) is 2.74. The lowest BCUT2D eigenvalue weighted by molar-refractivity contribution is -0.137. The standard InChI is InChI=1S/C20H19F3N2OS/c1-3-14(13-24-2)15-7-8-19-18(11-15)25(9-10-26-19)27-17-6-4-5-16(12-17)20(21,22)23/h3-8,11-13,24H,1,9-10H2,2H3/b14-13+. The van der Waals surface area contributed by atoms with Crippen LogP contribution in [0.2, 0.25) is 0 Å². The van der Waals surface area contributed by atoms with Crippen molar-refractivity contribution in [1.29, 1.82) is 0 Å². The maximum Gasteiger partial charge on any atom is 0.416 e. The minimum Gasteiger partial charge on any atom is -0.489 e. The molecule has 0 saturated carbocycles. The van der Waals surface area contributed by atoms with E-state index >= 15 is 0 Å². The molecule has 0 radical (unpaired) electrons. The zero-order valence-corrected chi connectivity index (χ0v) is 15.5. The molecule has 142 valence electrons. The summed E-state index contributed by atoms with van der Waals surface area (Å²) in [6.45, 7) is 4.86. The van der Waals surface area contributed by atoms with Crippen molar-refractivity contribution in [3.63, 3.8) is 0 Å². The monoisotopic (exact) mass is 392 g/mol. The average molecular weight is 392 g/mol. The van der Waals surface area contributed by atoms with Gasteiger partial charge in [0.1, 0.15) is 12.4 Å². The molecular weight excluding hydrogens is 373 g/mol. The van der Waals surface area contributed by atoms with Crippen LogP contribution in [0.1, 0.15) is 11.1 Å². The van der Waals surface area contributed by atoms with Crippen LogP contribution in [0.4, 0.5) is 18.9 Å². The molecule has 27 heavy (non-hydrogen) atoms. The maximum atomic E-state index is 13.0. The Bertz CT molecular complexity index is 865. The van der Waals surface area contributed by atoms with Gasteiger partial charge in [-0.1, -0.05) is 24.8 Å². The summed E-state index contributed by atoms with van der Waals surface area (Å²) in [6.07, 6.45) is -0.779. The summed E-state index contributed by atoms with van der Waals surface area (Å²) in [6, 6.07) is 11.1. The molecule has 0 unspecified atom stereocenters. The Morgan fingerprint density at radius 3 is 2.78 bits per heavy atom. The van der Waals surface area contributed by atoms with E-state index in [2.05, 4.69) is 11.9 Å². The van der Waals surface area contributed by atoms with Crippen LogP contribution in [0.3, 0.4) is 0 Å². The molecule has 1 aliphatic heterocycles. The molecule has 3 nitrogen and oxygen atoms in total. The molecule has 1 heterocycles. The molecule has 0 saturated heterocycles. The minimum absolute atomic E-state index is 0.471. The van der Waals surface area contributed by atoms with Crippen molar-refractivity contribution in [2.75, 3.05) is 24.5 Å². The first kappa shape index (κ1) is 19.2. The van der Waals surface area contributed by atoms with Crippen LogP contribution < -0.4 is 14.4 Å². The van der Waals surface area contributed by atoms with E-state index in [1.54, 1.807) is 19.2 Å². The van der Waals surface area contributed by atoms with Gasteiger partial charge in [-0.05, 0) is 53.4 Å². The Balaban J connectivity index is 1.92. The third-order valence-electron chi connectivity index (χ3n) is 4.01. The van der Waals surface area contributed by atoms with E-state index in [1.807, 2.05) is 28.7 Å². The number of ether oxygens (including phenoxy) is 1. The summed E-state index contributed by atoms with van der Waals surface area (Å²) in [4.78, 5) is 0.526. The number of alkyl halides is 3. The van der Waals surface area contributed by atoms with E-state index in [9.17, 15) is 13.2 Å². The fraction of sp³-hybridized carbons (Fsp3) is 0.200. The van der Waals surface area contributed by atoms with Crippen molar-refractivity contribution in [2.24, 2.45) is 0 Å². The molecule has 0 fully saturated rings. The Hall–Kier alpha value is -2.54. The van der Waals surface area contributed by atoms with Crippen molar-refractivity contribution in [1.82, 2.24) is 5.32 Å². The second kappa shape index (κ2) is 8.00. The van der Waals surface area contributed by atoms with Crippen LogP contribution in [-0.4, -0.2) is 20.2 Å². The highest BCUT2D eigenvalue weighted by Crippen LogP contribution is 2.41. The van der Waals surface area contributed by atoms with Gasteiger partial charge in [0.2, 0.25) is 0 Å². The van der Waals surface area contributed by atoms with E-state index in [4.69, 9.17) is 4.74 Å². The van der Waals surface area contributed by atoms with Gasteiger partial charge in [0.15, 0.2) is 0 Å². The molecule has 0 aromatic heterocycles. The van der Waals surface area contributed by atoms with Crippen molar-refractivity contribution in [2.45, 2.75) is 11.1 Å². The first-order valence-electron chi connectivity index (χ1n) is 8.32. The van der Waals surface area contributed by atoms with E-state index < -0.39 is 11.7 Å². The van der Waals surface area contributed by atoms with Crippen LogP contribution in [0.5, 0.6) is 5.75 Å². The van der Waals surface area contributed by atoms with Crippen LogP contribution >= 0.6 is 11.9 Å². The number of allylic oxidation sites excluding steroid dienone is 2. The van der Waals surface area contributed by atoms with Crippen LogP contribution in [0.15, 0.2) is 66.2 Å². The van der Waals surface area contributed by atoms with Gasteiger partial charge in [-0.15, -0.1) is 0 Å². The number of benzene rings is 2. The summed E-state index contributed by atoms with van der Waals surface area (Å²) < 4.78 is 46.6. The topological polar surface area (TPSA) is 24.5 Å². The van der Waals surface area contributed by atoms with Gasteiger partial charge in [-0.2, -0.15) is 13.2 Å². The molecule has 1 aliphatic rings. The molecule has 0 amide bonds. The lowest BCUT2D eigenvalue weighted by atomic mass is 10.1. The Morgan fingerprint density at radius 1 is 1.26 bits per heavy atom. The largest absolute Gasteiger partial charge is 0.489 e. The summed E-state index contributed by atoms with van der Waals surface area (Å²) in [5, 5.41) is 2.98. The highest BCUT2D eigenvalue weighted by Gasteiger charge is 2.31. The molecule has 2 aromatic carbocycles. The number of fused-ring (bicyclic) bond motifs is 1. The maximum absolute atomic E-state index is 13.0. The Labute approximate surface area is 160 Å². The molecule has 0 bridgehead atoms. The molecule has 3 rings (SSSR count). The smallest absolute Gasteiger partial charge is 0.416 e. The van der Waals surface area contributed by atoms with Gasteiger partial charge in [0, 0.05) is 18.1 Å². The van der Waals surface area contributed by atoms with Crippen LogP contribution in [0.25, 0.3) is 5.57 Å². The number of halogens is 3. The number of nitrogens with zero attached hydrogens (tertiary/aromatic N) is 1. The molecule has 0 spiro atoms. The third kappa shape index (κ3) is 4.42. The van der Waals surface area contributed by atoms with Crippen LogP contribution in [-0.2, 0) is 6.18 Å². The molecule has 0 atom stereocenters. The first-order valence-corrected chi connectivity index (χ1v) is 9.09. The molecule has 1 N–H and O–H groups in total. The van der Waals surface area contributed by atoms with Gasteiger partial charge in [-0.3, -0.25) is 0 Å². The Kier molecular flexibility index (Phi) is 5.70. The second-order valence-electron chi connectivity index (χ2n) is 5.84. The summed E-state index contributed by atoms with van der Waals surface area (Å²) >= 11 is 1.27. The molecule has 7 heteroatoms. The summed E-state index contributed by atoms with van der Waals surface area (Å²) in [5.74, 6) is 0.706. The third-order valence-corrected chi connectivity index (χ3v) is 5.07. The normalized spacial score (nSPS) is 14.4. The average Bonchev–Trinajstić information content (AvgIpc) is 2.66. The highest BCUT2D eigenvalue weighted by atomic mass is 32.2. The van der Waals surface area contributed by atoms with E-state index in [1.165, 1.54) is 24.1 Å². The van der Waals surface area contributed by atoms with Gasteiger partial charge >= 0.3 is 6.18 Å². The zero-order chi connectivity index (χ0) is 19.4. The fourth-order valence-corrected chi connectivity index (χ4v) is 3.72. The van der Waals surface area contributed by atoms with Crippen molar-refractivity contribution < 1.29 is 17.9 Å². The van der Waals surface area contributed by atoms with E-state index in [-0.39, 0.29) is 0 Å². The molecule has 2 aromatic rings. The van der Waals surface area contributed by atoms with Gasteiger partial charge in [0.05, 0.1) is 17.8 Å². The lowest BCUT2D eigenvalue weighted by Crippen LogP contribution is -2.27. The predicted molar refractivity (Wildman–Crippen MR) is 104 cm³/mol. The SMILES string of the molecule is C=C/C(=C\NC)c1ccc2c(c1)N(Sc1cccc(C(F)(F)F)c1)CCO2. The second-order valence-corrected chi connectivity index (χ2v) is 6.94. The number of anilines is 1. The number of hydrogen-bond donors (Lipinski definition) is 1. The van der Waals surface area contributed by atoms with Crippen molar-refractivity contribution >= 4 is 23.2 Å². The van der Waals surface area contributed by atoms with Crippen molar-refractivity contribution in [3.05, 3.63) is 72.4 Å². The van der Waals surface area contributed by atoms with Gasteiger partial charge < -0.3 is 14.4 Å². The number of nitrogens with one attached hydrogen (secondary N) is 1. The van der Waals surface area contributed by atoms with Crippen LogP contribution in [0, 0.1) is 0 Å². The molecular formula is C20H19F3N2OS. The van der Waals surface area contributed by atoms with E-state index in [0.717, 1.165) is 22.9 Å². The van der Waals surface area contributed by atoms with Gasteiger partial charge in [-0.25, -0.2) is 0 Å².